The van der Waals surface area contributed by atoms with E-state index in [1.54, 1.807) is 0 Å². The van der Waals surface area contributed by atoms with E-state index in [0.717, 1.165) is 51.3 Å². The van der Waals surface area contributed by atoms with Crippen molar-refractivity contribution in [3.8, 4) is 5.75 Å². The molecular formula is C15H21NO3. The minimum absolute atomic E-state index is 0.0370. The van der Waals surface area contributed by atoms with Crippen molar-refractivity contribution < 1.29 is 14.2 Å². The minimum atomic E-state index is -0.0370. The molecule has 0 radical (unpaired) electrons. The largest absolute Gasteiger partial charge is 0.488 e. The molecule has 0 amide bonds. The van der Waals surface area contributed by atoms with Crippen LogP contribution in [0.3, 0.4) is 0 Å². The maximum Gasteiger partial charge on any atom is 0.142 e. The van der Waals surface area contributed by atoms with Gasteiger partial charge in [0.25, 0.3) is 0 Å². The number of para-hydroxylation sites is 2. The standard InChI is InChI=1S/C15H21NO3/c16-13-3-1-2-4-14(13)19-12-5-8-18-15(11-12)6-9-17-10-7-15/h1-4,12H,5-11,16H2. The van der Waals surface area contributed by atoms with Gasteiger partial charge in [-0.1, -0.05) is 12.1 Å². The van der Waals surface area contributed by atoms with E-state index in [-0.39, 0.29) is 11.7 Å². The highest BCUT2D eigenvalue weighted by Gasteiger charge is 2.39. The Hall–Kier alpha value is -1.26. The third-order valence-corrected chi connectivity index (χ3v) is 4.06. The molecular weight excluding hydrogens is 242 g/mol. The lowest BCUT2D eigenvalue weighted by molar-refractivity contribution is -0.155. The molecule has 2 aliphatic rings. The Morgan fingerprint density at radius 1 is 1.16 bits per heavy atom. The number of nitrogens with two attached hydrogens (primary N) is 1. The Morgan fingerprint density at radius 3 is 2.74 bits per heavy atom. The van der Waals surface area contributed by atoms with Gasteiger partial charge in [0.1, 0.15) is 11.9 Å². The summed E-state index contributed by atoms with van der Waals surface area (Å²) in [4.78, 5) is 0. The van der Waals surface area contributed by atoms with Crippen molar-refractivity contribution in [1.29, 1.82) is 0 Å². The summed E-state index contributed by atoms with van der Waals surface area (Å²) in [5, 5.41) is 0. The Morgan fingerprint density at radius 2 is 1.95 bits per heavy atom. The molecule has 1 unspecified atom stereocenters. The van der Waals surface area contributed by atoms with E-state index in [4.69, 9.17) is 19.9 Å². The van der Waals surface area contributed by atoms with Crippen LogP contribution in [0.1, 0.15) is 25.7 Å². The van der Waals surface area contributed by atoms with Crippen molar-refractivity contribution in [3.63, 3.8) is 0 Å². The predicted octanol–water partition coefficient (Wildman–Crippen LogP) is 2.38. The number of hydrogen-bond donors (Lipinski definition) is 1. The van der Waals surface area contributed by atoms with Crippen molar-refractivity contribution in [1.82, 2.24) is 0 Å². The zero-order chi connectivity index (χ0) is 13.1. The number of rotatable bonds is 2. The molecule has 2 heterocycles. The summed E-state index contributed by atoms with van der Waals surface area (Å²) in [6.45, 7) is 2.35. The van der Waals surface area contributed by atoms with Gasteiger partial charge in [-0.05, 0) is 25.0 Å². The van der Waals surface area contributed by atoms with E-state index >= 15 is 0 Å². The summed E-state index contributed by atoms with van der Waals surface area (Å²) < 4.78 is 17.5. The summed E-state index contributed by atoms with van der Waals surface area (Å²) in [5.41, 5.74) is 6.60. The number of nitrogen functional groups attached to an aromatic ring is 1. The third-order valence-electron chi connectivity index (χ3n) is 4.06. The average molecular weight is 263 g/mol. The highest BCUT2D eigenvalue weighted by Crippen LogP contribution is 2.36. The molecule has 3 rings (SSSR count). The van der Waals surface area contributed by atoms with Gasteiger partial charge in [-0.15, -0.1) is 0 Å². The summed E-state index contributed by atoms with van der Waals surface area (Å²) >= 11 is 0. The Balaban J connectivity index is 1.67. The molecule has 1 aromatic rings. The van der Waals surface area contributed by atoms with Crippen LogP contribution in [0, 0.1) is 0 Å². The first-order chi connectivity index (χ1) is 9.27. The van der Waals surface area contributed by atoms with E-state index in [2.05, 4.69) is 0 Å². The van der Waals surface area contributed by atoms with Crippen molar-refractivity contribution in [2.45, 2.75) is 37.4 Å². The van der Waals surface area contributed by atoms with Crippen molar-refractivity contribution in [2.24, 2.45) is 0 Å². The molecule has 0 aromatic heterocycles. The molecule has 2 aliphatic heterocycles. The Bertz CT molecular complexity index is 424. The summed E-state index contributed by atoms with van der Waals surface area (Å²) in [5.74, 6) is 0.789. The SMILES string of the molecule is Nc1ccccc1OC1CCOC2(CCOCC2)C1. The van der Waals surface area contributed by atoms with Crippen LogP contribution in [0.2, 0.25) is 0 Å². The van der Waals surface area contributed by atoms with E-state index < -0.39 is 0 Å². The fourth-order valence-corrected chi connectivity index (χ4v) is 2.94. The van der Waals surface area contributed by atoms with E-state index in [0.29, 0.717) is 5.69 Å². The molecule has 4 nitrogen and oxygen atoms in total. The zero-order valence-corrected chi connectivity index (χ0v) is 11.1. The van der Waals surface area contributed by atoms with Crippen LogP contribution in [0.25, 0.3) is 0 Å². The summed E-state index contributed by atoms with van der Waals surface area (Å²) in [7, 11) is 0. The highest BCUT2D eigenvalue weighted by molar-refractivity contribution is 5.51. The number of benzene rings is 1. The lowest BCUT2D eigenvalue weighted by Crippen LogP contribution is -2.47. The monoisotopic (exact) mass is 263 g/mol. The van der Waals surface area contributed by atoms with Gasteiger partial charge < -0.3 is 19.9 Å². The van der Waals surface area contributed by atoms with E-state index in [1.165, 1.54) is 0 Å². The van der Waals surface area contributed by atoms with Crippen LogP contribution >= 0.6 is 0 Å². The van der Waals surface area contributed by atoms with Gasteiger partial charge in [0, 0.05) is 26.1 Å². The fraction of sp³-hybridized carbons (Fsp3) is 0.600. The smallest absolute Gasteiger partial charge is 0.142 e. The molecule has 19 heavy (non-hydrogen) atoms. The van der Waals surface area contributed by atoms with Crippen molar-refractivity contribution >= 4 is 5.69 Å². The maximum absolute atomic E-state index is 6.07. The first kappa shape index (κ1) is 12.8. The summed E-state index contributed by atoms with van der Waals surface area (Å²) in [6.07, 6.45) is 3.99. The topological polar surface area (TPSA) is 53.7 Å². The van der Waals surface area contributed by atoms with Gasteiger partial charge in [-0.25, -0.2) is 0 Å². The van der Waals surface area contributed by atoms with Crippen molar-refractivity contribution in [2.75, 3.05) is 25.6 Å². The quantitative estimate of drug-likeness (QED) is 0.832. The van der Waals surface area contributed by atoms with Crippen LogP contribution in [-0.2, 0) is 9.47 Å². The molecule has 2 saturated heterocycles. The van der Waals surface area contributed by atoms with Gasteiger partial charge in [0.15, 0.2) is 0 Å². The van der Waals surface area contributed by atoms with Crippen molar-refractivity contribution in [3.05, 3.63) is 24.3 Å². The number of hydrogen-bond acceptors (Lipinski definition) is 4. The van der Waals surface area contributed by atoms with Gasteiger partial charge in [-0.2, -0.15) is 0 Å². The first-order valence-corrected chi connectivity index (χ1v) is 7.00. The van der Waals surface area contributed by atoms with Gasteiger partial charge in [0.2, 0.25) is 0 Å². The Kier molecular flexibility index (Phi) is 3.62. The molecule has 1 atom stereocenters. The molecule has 2 N–H and O–H groups in total. The van der Waals surface area contributed by atoms with Gasteiger partial charge in [-0.3, -0.25) is 0 Å². The molecule has 2 fully saturated rings. The summed E-state index contributed by atoms with van der Waals surface area (Å²) in [6, 6.07) is 7.68. The second-order valence-electron chi connectivity index (χ2n) is 5.41. The van der Waals surface area contributed by atoms with Crippen LogP contribution in [0.15, 0.2) is 24.3 Å². The zero-order valence-electron chi connectivity index (χ0n) is 11.1. The minimum Gasteiger partial charge on any atom is -0.488 e. The molecule has 1 aromatic carbocycles. The second-order valence-corrected chi connectivity index (χ2v) is 5.41. The molecule has 1 spiro atoms. The molecule has 0 saturated carbocycles. The number of anilines is 1. The molecule has 0 bridgehead atoms. The molecule has 104 valence electrons. The second kappa shape index (κ2) is 5.39. The predicted molar refractivity (Wildman–Crippen MR) is 73.2 cm³/mol. The first-order valence-electron chi connectivity index (χ1n) is 7.00. The molecule has 0 aliphatic carbocycles. The Labute approximate surface area is 113 Å². The molecule has 4 heteroatoms. The highest BCUT2D eigenvalue weighted by atomic mass is 16.5. The van der Waals surface area contributed by atoms with E-state index in [9.17, 15) is 0 Å². The average Bonchev–Trinajstić information content (AvgIpc) is 2.42. The van der Waals surface area contributed by atoms with E-state index in [1.807, 2.05) is 24.3 Å². The number of ether oxygens (including phenoxy) is 3. The van der Waals surface area contributed by atoms with Crippen LogP contribution in [0.4, 0.5) is 5.69 Å². The lowest BCUT2D eigenvalue weighted by Gasteiger charge is -2.43. The van der Waals surface area contributed by atoms with Crippen LogP contribution in [-0.4, -0.2) is 31.5 Å². The van der Waals surface area contributed by atoms with Crippen LogP contribution in [0.5, 0.6) is 5.75 Å². The fourth-order valence-electron chi connectivity index (χ4n) is 2.94. The van der Waals surface area contributed by atoms with Gasteiger partial charge in [0.05, 0.1) is 17.9 Å². The van der Waals surface area contributed by atoms with Crippen LogP contribution < -0.4 is 10.5 Å². The lowest BCUT2D eigenvalue weighted by atomic mass is 9.85. The van der Waals surface area contributed by atoms with Gasteiger partial charge >= 0.3 is 0 Å². The maximum atomic E-state index is 6.07. The third kappa shape index (κ3) is 2.85. The normalized spacial score (nSPS) is 26.2.